The summed E-state index contributed by atoms with van der Waals surface area (Å²) < 4.78 is 0. The van der Waals surface area contributed by atoms with Crippen molar-refractivity contribution in [3.05, 3.63) is 71.8 Å². The first-order valence-electron chi connectivity index (χ1n) is 6.77. The largest absolute Gasteiger partial charge is 0.481 e. The summed E-state index contributed by atoms with van der Waals surface area (Å²) in [6.45, 7) is 0.109. The second kappa shape index (κ2) is 7.24. The van der Waals surface area contributed by atoms with E-state index >= 15 is 0 Å². The normalized spacial score (nSPS) is 11.6. The number of nitrogens with one attached hydrogen (secondary N) is 1. The lowest BCUT2D eigenvalue weighted by Crippen LogP contribution is -2.34. The molecule has 108 valence electrons. The van der Waals surface area contributed by atoms with E-state index in [-0.39, 0.29) is 12.5 Å². The van der Waals surface area contributed by atoms with Gasteiger partial charge in [-0.1, -0.05) is 48.5 Å². The lowest BCUT2D eigenvalue weighted by molar-refractivity contribution is -0.141. The molecule has 1 amide bonds. The van der Waals surface area contributed by atoms with Gasteiger partial charge >= 0.3 is 5.97 Å². The molecule has 0 radical (unpaired) electrons. The second-order valence-corrected chi connectivity index (χ2v) is 4.80. The summed E-state index contributed by atoms with van der Waals surface area (Å²) in [6.07, 6.45) is 0.394. The van der Waals surface area contributed by atoms with E-state index in [0.717, 1.165) is 5.56 Å². The van der Waals surface area contributed by atoms with E-state index in [1.54, 1.807) is 24.3 Å². The zero-order valence-electron chi connectivity index (χ0n) is 11.5. The van der Waals surface area contributed by atoms with Crippen LogP contribution < -0.4 is 5.32 Å². The topological polar surface area (TPSA) is 66.4 Å². The summed E-state index contributed by atoms with van der Waals surface area (Å²) in [5.74, 6) is -1.80. The summed E-state index contributed by atoms with van der Waals surface area (Å²) in [5.41, 5.74) is 1.47. The Morgan fingerprint density at radius 3 is 2.10 bits per heavy atom. The quantitative estimate of drug-likeness (QED) is 0.855. The van der Waals surface area contributed by atoms with Gasteiger partial charge in [0.15, 0.2) is 0 Å². The first-order chi connectivity index (χ1) is 10.2. The van der Waals surface area contributed by atoms with Gasteiger partial charge in [-0.05, 0) is 24.1 Å². The van der Waals surface area contributed by atoms with Crippen LogP contribution in [0.3, 0.4) is 0 Å². The monoisotopic (exact) mass is 283 g/mol. The fourth-order valence-corrected chi connectivity index (χ4v) is 2.05. The van der Waals surface area contributed by atoms with Crippen molar-refractivity contribution in [2.24, 2.45) is 5.92 Å². The lowest BCUT2D eigenvalue weighted by Gasteiger charge is -2.13. The van der Waals surface area contributed by atoms with Crippen molar-refractivity contribution in [1.82, 2.24) is 5.32 Å². The molecule has 0 unspecified atom stereocenters. The third-order valence-electron chi connectivity index (χ3n) is 3.22. The molecule has 2 aromatic rings. The number of carboxylic acid groups (broad SMARTS) is 1. The Bertz CT molecular complexity index is 596. The van der Waals surface area contributed by atoms with Gasteiger partial charge in [0.05, 0.1) is 5.92 Å². The number of hydrogen-bond acceptors (Lipinski definition) is 2. The molecule has 0 aliphatic carbocycles. The number of carbonyl (C=O) groups excluding carboxylic acids is 1. The first kappa shape index (κ1) is 14.8. The van der Waals surface area contributed by atoms with Crippen LogP contribution in [0.4, 0.5) is 0 Å². The maximum atomic E-state index is 11.9. The van der Waals surface area contributed by atoms with Crippen molar-refractivity contribution < 1.29 is 14.7 Å². The highest BCUT2D eigenvalue weighted by atomic mass is 16.4. The summed E-state index contributed by atoms with van der Waals surface area (Å²) in [5, 5.41) is 11.9. The number of aliphatic carboxylic acids is 1. The van der Waals surface area contributed by atoms with Gasteiger partial charge in [0.25, 0.3) is 5.91 Å². The zero-order chi connectivity index (χ0) is 15.1. The standard InChI is InChI=1S/C17H17NO3/c19-16(14-9-5-2-6-10-14)18-12-15(17(20)21)11-13-7-3-1-4-8-13/h1-10,15H,11-12H2,(H,18,19)(H,20,21)/t15-/m0/s1. The zero-order valence-corrected chi connectivity index (χ0v) is 11.5. The predicted octanol–water partition coefficient (Wildman–Crippen LogP) is 2.36. The average molecular weight is 283 g/mol. The van der Waals surface area contributed by atoms with Crippen molar-refractivity contribution in [3.8, 4) is 0 Å². The van der Waals surface area contributed by atoms with Crippen molar-refractivity contribution in [1.29, 1.82) is 0 Å². The molecule has 4 nitrogen and oxygen atoms in total. The van der Waals surface area contributed by atoms with Crippen molar-refractivity contribution in [2.75, 3.05) is 6.54 Å². The SMILES string of the molecule is O=C(NC[C@H](Cc1ccccc1)C(=O)O)c1ccccc1. The number of benzene rings is 2. The van der Waals surface area contributed by atoms with Gasteiger partial charge < -0.3 is 10.4 Å². The predicted molar refractivity (Wildman–Crippen MR) is 80.0 cm³/mol. The van der Waals surface area contributed by atoms with Crippen LogP contribution in [-0.4, -0.2) is 23.5 Å². The Morgan fingerprint density at radius 1 is 0.952 bits per heavy atom. The summed E-state index contributed by atoms with van der Waals surface area (Å²) in [6, 6.07) is 18.2. The molecule has 0 aromatic heterocycles. The molecule has 0 heterocycles. The summed E-state index contributed by atoms with van der Waals surface area (Å²) >= 11 is 0. The van der Waals surface area contributed by atoms with Crippen LogP contribution >= 0.6 is 0 Å². The van der Waals surface area contributed by atoms with Crippen LogP contribution in [0.1, 0.15) is 15.9 Å². The Labute approximate surface area is 123 Å². The number of carboxylic acids is 1. The van der Waals surface area contributed by atoms with Crippen LogP contribution in [0.5, 0.6) is 0 Å². The summed E-state index contributed by atoms with van der Waals surface area (Å²) in [4.78, 5) is 23.2. The number of amides is 1. The second-order valence-electron chi connectivity index (χ2n) is 4.80. The molecule has 2 rings (SSSR count). The smallest absolute Gasteiger partial charge is 0.308 e. The molecule has 0 aliphatic rings. The third-order valence-corrected chi connectivity index (χ3v) is 3.22. The molecule has 0 fully saturated rings. The minimum atomic E-state index is -0.910. The molecule has 0 saturated heterocycles. The molecule has 0 spiro atoms. The van der Waals surface area contributed by atoms with E-state index in [2.05, 4.69) is 5.32 Å². The van der Waals surface area contributed by atoms with Crippen LogP contribution in [0.15, 0.2) is 60.7 Å². The van der Waals surface area contributed by atoms with Crippen LogP contribution in [0.2, 0.25) is 0 Å². The highest BCUT2D eigenvalue weighted by Gasteiger charge is 2.19. The van der Waals surface area contributed by atoms with Crippen LogP contribution in [-0.2, 0) is 11.2 Å². The van der Waals surface area contributed by atoms with Crippen molar-refractivity contribution in [2.45, 2.75) is 6.42 Å². The van der Waals surface area contributed by atoms with Gasteiger partial charge in [-0.15, -0.1) is 0 Å². The molecule has 2 aromatic carbocycles. The van der Waals surface area contributed by atoms with Gasteiger partial charge in [0, 0.05) is 12.1 Å². The van der Waals surface area contributed by atoms with E-state index in [1.165, 1.54) is 0 Å². The average Bonchev–Trinajstić information content (AvgIpc) is 2.52. The number of carbonyl (C=O) groups is 2. The van der Waals surface area contributed by atoms with Gasteiger partial charge in [0.1, 0.15) is 0 Å². The fraction of sp³-hybridized carbons (Fsp3) is 0.176. The minimum absolute atomic E-state index is 0.109. The van der Waals surface area contributed by atoms with Gasteiger partial charge in [-0.25, -0.2) is 0 Å². The summed E-state index contributed by atoms with van der Waals surface area (Å²) in [7, 11) is 0. The molecule has 2 N–H and O–H groups in total. The van der Waals surface area contributed by atoms with Gasteiger partial charge in [0.2, 0.25) is 0 Å². The van der Waals surface area contributed by atoms with Crippen LogP contribution in [0, 0.1) is 5.92 Å². The molecule has 4 heteroatoms. The molecular formula is C17H17NO3. The lowest BCUT2D eigenvalue weighted by atomic mass is 9.99. The molecule has 0 saturated carbocycles. The Morgan fingerprint density at radius 2 is 1.52 bits per heavy atom. The molecule has 1 atom stereocenters. The van der Waals surface area contributed by atoms with E-state index in [4.69, 9.17) is 0 Å². The molecular weight excluding hydrogens is 266 g/mol. The number of rotatable bonds is 6. The highest BCUT2D eigenvalue weighted by Crippen LogP contribution is 2.09. The Hall–Kier alpha value is -2.62. The molecule has 21 heavy (non-hydrogen) atoms. The van der Waals surface area contributed by atoms with Crippen molar-refractivity contribution >= 4 is 11.9 Å². The van der Waals surface area contributed by atoms with E-state index in [0.29, 0.717) is 12.0 Å². The van der Waals surface area contributed by atoms with E-state index in [1.807, 2.05) is 36.4 Å². The molecule has 0 bridgehead atoms. The maximum Gasteiger partial charge on any atom is 0.308 e. The van der Waals surface area contributed by atoms with Gasteiger partial charge in [-0.3, -0.25) is 9.59 Å². The third kappa shape index (κ3) is 4.45. The first-order valence-corrected chi connectivity index (χ1v) is 6.77. The maximum absolute atomic E-state index is 11.9. The molecule has 0 aliphatic heterocycles. The number of hydrogen-bond donors (Lipinski definition) is 2. The Balaban J connectivity index is 1.95. The van der Waals surface area contributed by atoms with Gasteiger partial charge in [-0.2, -0.15) is 0 Å². The van der Waals surface area contributed by atoms with Crippen LogP contribution in [0.25, 0.3) is 0 Å². The van der Waals surface area contributed by atoms with E-state index in [9.17, 15) is 14.7 Å². The highest BCUT2D eigenvalue weighted by molar-refractivity contribution is 5.94. The van der Waals surface area contributed by atoms with E-state index < -0.39 is 11.9 Å². The Kier molecular flexibility index (Phi) is 5.10. The van der Waals surface area contributed by atoms with Crippen molar-refractivity contribution in [3.63, 3.8) is 0 Å². The minimum Gasteiger partial charge on any atom is -0.481 e. The fourth-order valence-electron chi connectivity index (χ4n) is 2.05.